The summed E-state index contributed by atoms with van der Waals surface area (Å²) in [4.78, 5) is 0. The maximum atomic E-state index is 6.01. The third-order valence-electron chi connectivity index (χ3n) is 3.53. The lowest BCUT2D eigenvalue weighted by Crippen LogP contribution is -2.48. The van der Waals surface area contributed by atoms with E-state index in [0.29, 0.717) is 12.2 Å². The average molecular weight is 198 g/mol. The van der Waals surface area contributed by atoms with E-state index in [2.05, 4.69) is 20.8 Å². The van der Waals surface area contributed by atoms with Gasteiger partial charge in [0.25, 0.3) is 0 Å². The van der Waals surface area contributed by atoms with Crippen molar-refractivity contribution in [2.75, 3.05) is 0 Å². The van der Waals surface area contributed by atoms with Crippen LogP contribution in [0.5, 0.6) is 0 Å². The van der Waals surface area contributed by atoms with Crippen LogP contribution >= 0.6 is 0 Å². The van der Waals surface area contributed by atoms with Gasteiger partial charge in [-0.25, -0.2) is 0 Å². The normalized spacial score (nSPS) is 49.5. The molecule has 2 fully saturated rings. The second-order valence-electron chi connectivity index (χ2n) is 5.19. The molecule has 2 aliphatic rings. The Bertz CT molecular complexity index is 182. The molecule has 2 atom stereocenters. The molecule has 1 spiro atoms. The fraction of sp³-hybridized carbons (Fsp3) is 1.00. The van der Waals surface area contributed by atoms with E-state index in [1.165, 1.54) is 12.8 Å². The number of hydrogen-bond acceptors (Lipinski definition) is 2. The fourth-order valence-corrected chi connectivity index (χ4v) is 2.76. The van der Waals surface area contributed by atoms with Gasteiger partial charge in [-0.05, 0) is 39.0 Å². The first-order valence-electron chi connectivity index (χ1n) is 5.95. The third kappa shape index (κ3) is 2.12. The summed E-state index contributed by atoms with van der Waals surface area (Å²) < 4.78 is 12.0. The van der Waals surface area contributed by atoms with Crippen molar-refractivity contribution in [3.63, 3.8) is 0 Å². The van der Waals surface area contributed by atoms with Crippen molar-refractivity contribution in [3.8, 4) is 0 Å². The molecule has 1 saturated heterocycles. The Morgan fingerprint density at radius 2 is 1.43 bits per heavy atom. The second-order valence-corrected chi connectivity index (χ2v) is 5.19. The first-order valence-corrected chi connectivity index (χ1v) is 5.95. The van der Waals surface area contributed by atoms with Crippen LogP contribution in [0.4, 0.5) is 0 Å². The van der Waals surface area contributed by atoms with Gasteiger partial charge in [0.15, 0.2) is 5.79 Å². The smallest absolute Gasteiger partial charge is 0.169 e. The van der Waals surface area contributed by atoms with E-state index < -0.39 is 0 Å². The molecule has 2 unspecified atom stereocenters. The Morgan fingerprint density at radius 3 is 1.93 bits per heavy atom. The zero-order valence-corrected chi connectivity index (χ0v) is 9.58. The SMILES string of the molecule is CC1CCC2(CC1)OC(C)CC(C)O2. The van der Waals surface area contributed by atoms with Crippen LogP contribution in [0.2, 0.25) is 0 Å². The highest BCUT2D eigenvalue weighted by molar-refractivity contribution is 4.83. The van der Waals surface area contributed by atoms with Crippen molar-refractivity contribution in [3.05, 3.63) is 0 Å². The summed E-state index contributed by atoms with van der Waals surface area (Å²) in [5, 5.41) is 0. The highest BCUT2D eigenvalue weighted by Crippen LogP contribution is 2.40. The van der Waals surface area contributed by atoms with Gasteiger partial charge < -0.3 is 9.47 Å². The second kappa shape index (κ2) is 3.82. The van der Waals surface area contributed by atoms with Gasteiger partial charge in [0.05, 0.1) is 12.2 Å². The van der Waals surface area contributed by atoms with E-state index in [9.17, 15) is 0 Å². The summed E-state index contributed by atoms with van der Waals surface area (Å²) in [6.07, 6.45) is 6.45. The van der Waals surface area contributed by atoms with E-state index in [1.807, 2.05) is 0 Å². The molecule has 1 saturated carbocycles. The molecule has 0 aromatic rings. The minimum atomic E-state index is -0.219. The van der Waals surface area contributed by atoms with Gasteiger partial charge in [0, 0.05) is 12.8 Å². The lowest BCUT2D eigenvalue weighted by atomic mass is 9.85. The van der Waals surface area contributed by atoms with Crippen LogP contribution in [0.25, 0.3) is 0 Å². The first-order chi connectivity index (χ1) is 6.60. The third-order valence-corrected chi connectivity index (χ3v) is 3.53. The molecule has 1 aliphatic heterocycles. The molecule has 0 radical (unpaired) electrons. The number of ether oxygens (including phenoxy) is 2. The quantitative estimate of drug-likeness (QED) is 0.595. The first kappa shape index (κ1) is 10.4. The summed E-state index contributed by atoms with van der Waals surface area (Å²) in [7, 11) is 0. The Morgan fingerprint density at radius 1 is 0.929 bits per heavy atom. The predicted octanol–water partition coefficient (Wildman–Crippen LogP) is 3.11. The zero-order valence-electron chi connectivity index (χ0n) is 9.58. The van der Waals surface area contributed by atoms with Gasteiger partial charge in [-0.1, -0.05) is 6.92 Å². The number of hydrogen-bond donors (Lipinski definition) is 0. The van der Waals surface area contributed by atoms with Crippen LogP contribution in [0, 0.1) is 5.92 Å². The maximum Gasteiger partial charge on any atom is 0.169 e. The summed E-state index contributed by atoms with van der Waals surface area (Å²) >= 11 is 0. The van der Waals surface area contributed by atoms with E-state index in [0.717, 1.165) is 25.2 Å². The lowest BCUT2D eigenvalue weighted by molar-refractivity contribution is -0.324. The molecule has 2 rings (SSSR count). The van der Waals surface area contributed by atoms with Gasteiger partial charge in [-0.2, -0.15) is 0 Å². The molecule has 14 heavy (non-hydrogen) atoms. The molecule has 0 aromatic carbocycles. The molecular formula is C12H22O2. The minimum absolute atomic E-state index is 0.219. The maximum absolute atomic E-state index is 6.01. The van der Waals surface area contributed by atoms with Gasteiger partial charge >= 0.3 is 0 Å². The molecule has 0 amide bonds. The van der Waals surface area contributed by atoms with Crippen LogP contribution < -0.4 is 0 Å². The molecule has 0 aromatic heterocycles. The highest BCUT2D eigenvalue weighted by atomic mass is 16.7. The molecule has 1 heterocycles. The van der Waals surface area contributed by atoms with Gasteiger partial charge in [0.2, 0.25) is 0 Å². The van der Waals surface area contributed by atoms with Crippen molar-refractivity contribution in [2.45, 2.75) is 70.9 Å². The van der Waals surface area contributed by atoms with Crippen LogP contribution in [0.15, 0.2) is 0 Å². The fourth-order valence-electron chi connectivity index (χ4n) is 2.76. The topological polar surface area (TPSA) is 18.5 Å². The molecule has 0 bridgehead atoms. The molecule has 2 nitrogen and oxygen atoms in total. The predicted molar refractivity (Wildman–Crippen MR) is 56.1 cm³/mol. The van der Waals surface area contributed by atoms with Gasteiger partial charge in [-0.15, -0.1) is 0 Å². The Labute approximate surface area is 87.0 Å². The largest absolute Gasteiger partial charge is 0.347 e. The van der Waals surface area contributed by atoms with Crippen molar-refractivity contribution in [2.24, 2.45) is 5.92 Å². The summed E-state index contributed by atoms with van der Waals surface area (Å²) in [5.74, 6) is 0.629. The monoisotopic (exact) mass is 198 g/mol. The molecule has 2 heteroatoms. The van der Waals surface area contributed by atoms with Crippen LogP contribution in [0.1, 0.15) is 52.9 Å². The Hall–Kier alpha value is -0.0800. The van der Waals surface area contributed by atoms with E-state index in [-0.39, 0.29) is 5.79 Å². The summed E-state index contributed by atoms with van der Waals surface area (Å²) in [6.45, 7) is 6.65. The lowest BCUT2D eigenvalue weighted by Gasteiger charge is -2.46. The van der Waals surface area contributed by atoms with Crippen LogP contribution in [-0.2, 0) is 9.47 Å². The number of rotatable bonds is 0. The zero-order chi connectivity index (χ0) is 10.2. The van der Waals surface area contributed by atoms with Gasteiger partial charge in [0.1, 0.15) is 0 Å². The van der Waals surface area contributed by atoms with E-state index in [4.69, 9.17) is 9.47 Å². The Kier molecular flexibility index (Phi) is 2.85. The average Bonchev–Trinajstić information content (AvgIpc) is 2.09. The summed E-state index contributed by atoms with van der Waals surface area (Å²) in [6, 6.07) is 0. The van der Waals surface area contributed by atoms with Crippen molar-refractivity contribution < 1.29 is 9.47 Å². The van der Waals surface area contributed by atoms with Crippen molar-refractivity contribution >= 4 is 0 Å². The molecule has 0 N–H and O–H groups in total. The van der Waals surface area contributed by atoms with Crippen LogP contribution in [-0.4, -0.2) is 18.0 Å². The molecule has 82 valence electrons. The van der Waals surface area contributed by atoms with Crippen LogP contribution in [0.3, 0.4) is 0 Å². The molecule has 1 aliphatic carbocycles. The highest BCUT2D eigenvalue weighted by Gasteiger charge is 2.42. The molecular weight excluding hydrogens is 176 g/mol. The van der Waals surface area contributed by atoms with Gasteiger partial charge in [-0.3, -0.25) is 0 Å². The Balaban J connectivity index is 2.00. The summed E-state index contributed by atoms with van der Waals surface area (Å²) in [5.41, 5.74) is 0. The van der Waals surface area contributed by atoms with Crippen molar-refractivity contribution in [1.82, 2.24) is 0 Å². The minimum Gasteiger partial charge on any atom is -0.347 e. The standard InChI is InChI=1S/C12H22O2/c1-9-4-6-12(7-5-9)13-10(2)8-11(3)14-12/h9-11H,4-8H2,1-3H3. The van der Waals surface area contributed by atoms with E-state index >= 15 is 0 Å². The van der Waals surface area contributed by atoms with E-state index in [1.54, 1.807) is 0 Å². The van der Waals surface area contributed by atoms with Crippen molar-refractivity contribution in [1.29, 1.82) is 0 Å².